The van der Waals surface area contributed by atoms with Crippen LogP contribution in [-0.4, -0.2) is 18.4 Å². The zero-order valence-corrected chi connectivity index (χ0v) is 11.0. The molecule has 5 nitrogen and oxygen atoms in total. The van der Waals surface area contributed by atoms with Crippen molar-refractivity contribution in [1.29, 1.82) is 0 Å². The summed E-state index contributed by atoms with van der Waals surface area (Å²) in [5, 5.41) is 0. The molecule has 0 atom stereocenters. The van der Waals surface area contributed by atoms with Gasteiger partial charge >= 0.3 is 0 Å². The zero-order chi connectivity index (χ0) is 13.0. The Morgan fingerprint density at radius 2 is 2.00 bits per heavy atom. The second-order valence-electron chi connectivity index (χ2n) is 3.68. The number of aromatic amines is 1. The summed E-state index contributed by atoms with van der Waals surface area (Å²) in [7, 11) is -3.50. The summed E-state index contributed by atoms with van der Waals surface area (Å²) in [5.74, 6) is 0.363. The highest BCUT2D eigenvalue weighted by Crippen LogP contribution is 2.12. The number of H-pyrrole nitrogens is 1. The van der Waals surface area contributed by atoms with Crippen LogP contribution in [0.5, 0.6) is 0 Å². The van der Waals surface area contributed by atoms with Gasteiger partial charge in [0.25, 0.3) is 0 Å². The lowest BCUT2D eigenvalue weighted by Crippen LogP contribution is -2.23. The van der Waals surface area contributed by atoms with E-state index in [2.05, 4.69) is 14.7 Å². The van der Waals surface area contributed by atoms with Gasteiger partial charge in [0.15, 0.2) is 0 Å². The largest absolute Gasteiger partial charge is 0.347 e. The molecular formula is C11H12ClN3O2S. The maximum Gasteiger partial charge on any atom is 0.240 e. The van der Waals surface area contributed by atoms with Gasteiger partial charge in [-0.15, -0.1) is 11.6 Å². The van der Waals surface area contributed by atoms with E-state index in [1.807, 2.05) is 0 Å². The number of alkyl halides is 1. The van der Waals surface area contributed by atoms with E-state index in [9.17, 15) is 8.42 Å². The second-order valence-corrected chi connectivity index (χ2v) is 5.71. The molecular weight excluding hydrogens is 274 g/mol. The third-order valence-corrected chi connectivity index (χ3v) is 4.12. The third-order valence-electron chi connectivity index (χ3n) is 2.40. The summed E-state index contributed by atoms with van der Waals surface area (Å²) in [4.78, 5) is 6.86. The van der Waals surface area contributed by atoms with Crippen LogP contribution < -0.4 is 4.72 Å². The molecule has 1 heterocycles. The van der Waals surface area contributed by atoms with Gasteiger partial charge in [0.05, 0.1) is 17.8 Å². The molecule has 0 aliphatic rings. The van der Waals surface area contributed by atoms with Gasteiger partial charge in [0.1, 0.15) is 0 Å². The van der Waals surface area contributed by atoms with Crippen LogP contribution in [0.3, 0.4) is 0 Å². The van der Waals surface area contributed by atoms with Crippen molar-refractivity contribution in [2.75, 3.05) is 0 Å². The predicted molar refractivity (Wildman–Crippen MR) is 68.6 cm³/mol. The zero-order valence-electron chi connectivity index (χ0n) is 9.43. The second kappa shape index (κ2) is 5.51. The highest BCUT2D eigenvalue weighted by Gasteiger charge is 2.13. The molecule has 2 N–H and O–H groups in total. The molecule has 18 heavy (non-hydrogen) atoms. The van der Waals surface area contributed by atoms with Crippen molar-refractivity contribution < 1.29 is 8.42 Å². The summed E-state index contributed by atoms with van der Waals surface area (Å²) < 4.78 is 26.4. The number of aromatic nitrogens is 2. The first kappa shape index (κ1) is 13.1. The molecule has 0 fully saturated rings. The minimum absolute atomic E-state index is 0.180. The SMILES string of the molecule is O=S(=O)(NCc1cnc[nH]1)c1ccc(CCl)cc1. The van der Waals surface area contributed by atoms with Crippen molar-refractivity contribution in [3.63, 3.8) is 0 Å². The fourth-order valence-electron chi connectivity index (χ4n) is 1.40. The molecule has 0 amide bonds. The number of rotatable bonds is 5. The molecule has 0 spiro atoms. The van der Waals surface area contributed by atoms with Crippen LogP contribution in [0.2, 0.25) is 0 Å². The van der Waals surface area contributed by atoms with E-state index in [0.717, 1.165) is 5.56 Å². The minimum atomic E-state index is -3.50. The molecule has 96 valence electrons. The van der Waals surface area contributed by atoms with Gasteiger partial charge < -0.3 is 4.98 Å². The number of halogens is 1. The topological polar surface area (TPSA) is 74.8 Å². The molecule has 1 aromatic carbocycles. The van der Waals surface area contributed by atoms with Gasteiger partial charge in [0.2, 0.25) is 10.0 Å². The summed E-state index contributed by atoms with van der Waals surface area (Å²) in [6.07, 6.45) is 3.07. The molecule has 7 heteroatoms. The van der Waals surface area contributed by atoms with E-state index >= 15 is 0 Å². The number of sulfonamides is 1. The quantitative estimate of drug-likeness (QED) is 0.820. The molecule has 0 saturated heterocycles. The van der Waals surface area contributed by atoms with Crippen molar-refractivity contribution in [1.82, 2.24) is 14.7 Å². The number of nitrogens with zero attached hydrogens (tertiary/aromatic N) is 1. The predicted octanol–water partition coefficient (Wildman–Crippen LogP) is 1.63. The van der Waals surface area contributed by atoms with Gasteiger partial charge in [-0.1, -0.05) is 12.1 Å². The van der Waals surface area contributed by atoms with Crippen LogP contribution in [-0.2, 0) is 22.4 Å². The Morgan fingerprint density at radius 1 is 1.28 bits per heavy atom. The Bertz CT molecular complexity index is 594. The summed E-state index contributed by atoms with van der Waals surface area (Å²) in [6.45, 7) is 0.180. The van der Waals surface area contributed by atoms with Crippen LogP contribution in [0.1, 0.15) is 11.3 Å². The molecule has 0 aliphatic heterocycles. The number of imidazole rings is 1. The molecule has 0 radical (unpaired) electrons. The molecule has 0 aliphatic carbocycles. The van der Waals surface area contributed by atoms with Crippen LogP contribution in [0, 0.1) is 0 Å². The smallest absolute Gasteiger partial charge is 0.240 e. The fourth-order valence-corrected chi connectivity index (χ4v) is 2.58. The van der Waals surface area contributed by atoms with Crippen molar-refractivity contribution >= 4 is 21.6 Å². The van der Waals surface area contributed by atoms with E-state index in [0.29, 0.717) is 11.6 Å². The monoisotopic (exact) mass is 285 g/mol. The lowest BCUT2D eigenvalue weighted by molar-refractivity contribution is 0.580. The summed E-state index contributed by atoms with van der Waals surface area (Å²) in [6, 6.07) is 6.45. The Morgan fingerprint density at radius 3 is 2.56 bits per heavy atom. The lowest BCUT2D eigenvalue weighted by atomic mass is 10.2. The average molecular weight is 286 g/mol. The summed E-state index contributed by atoms with van der Waals surface area (Å²) >= 11 is 5.65. The molecule has 0 saturated carbocycles. The van der Waals surface area contributed by atoms with E-state index < -0.39 is 10.0 Å². The normalized spacial score (nSPS) is 11.6. The van der Waals surface area contributed by atoms with E-state index in [-0.39, 0.29) is 11.4 Å². The maximum absolute atomic E-state index is 11.9. The van der Waals surface area contributed by atoms with E-state index in [1.165, 1.54) is 18.5 Å². The number of hydrogen-bond acceptors (Lipinski definition) is 3. The average Bonchev–Trinajstić information content (AvgIpc) is 2.90. The van der Waals surface area contributed by atoms with Crippen LogP contribution in [0.4, 0.5) is 0 Å². The molecule has 2 rings (SSSR count). The van der Waals surface area contributed by atoms with Gasteiger partial charge in [-0.25, -0.2) is 18.1 Å². The highest BCUT2D eigenvalue weighted by atomic mass is 35.5. The van der Waals surface area contributed by atoms with Crippen molar-refractivity contribution in [3.8, 4) is 0 Å². The van der Waals surface area contributed by atoms with Crippen LogP contribution in [0.25, 0.3) is 0 Å². The number of hydrogen-bond donors (Lipinski definition) is 2. The summed E-state index contributed by atoms with van der Waals surface area (Å²) in [5.41, 5.74) is 1.58. The van der Waals surface area contributed by atoms with E-state index in [1.54, 1.807) is 18.3 Å². The molecule has 0 bridgehead atoms. The Kier molecular flexibility index (Phi) is 4.00. The van der Waals surface area contributed by atoms with E-state index in [4.69, 9.17) is 11.6 Å². The minimum Gasteiger partial charge on any atom is -0.347 e. The highest BCUT2D eigenvalue weighted by molar-refractivity contribution is 7.89. The standard InChI is InChI=1S/C11H12ClN3O2S/c12-5-9-1-3-11(4-2-9)18(16,17)15-7-10-6-13-8-14-10/h1-4,6,8,15H,5,7H2,(H,13,14). The Balaban J connectivity index is 2.09. The fraction of sp³-hybridized carbons (Fsp3) is 0.182. The first-order chi connectivity index (χ1) is 8.62. The van der Waals surface area contributed by atoms with Gasteiger partial charge in [-0.2, -0.15) is 0 Å². The first-order valence-electron chi connectivity index (χ1n) is 5.23. The van der Waals surface area contributed by atoms with Crippen molar-refractivity contribution in [2.45, 2.75) is 17.3 Å². The molecule has 0 unspecified atom stereocenters. The van der Waals surface area contributed by atoms with Gasteiger partial charge in [-0.05, 0) is 17.7 Å². The molecule has 2 aromatic rings. The van der Waals surface area contributed by atoms with Crippen LogP contribution in [0.15, 0.2) is 41.7 Å². The van der Waals surface area contributed by atoms with Crippen molar-refractivity contribution in [3.05, 3.63) is 48.0 Å². The first-order valence-corrected chi connectivity index (χ1v) is 7.25. The van der Waals surface area contributed by atoms with Gasteiger partial charge in [-0.3, -0.25) is 0 Å². The lowest BCUT2D eigenvalue weighted by Gasteiger charge is -2.06. The Hall–Kier alpha value is -1.37. The molecule has 1 aromatic heterocycles. The third kappa shape index (κ3) is 3.10. The Labute approximate surface area is 110 Å². The van der Waals surface area contributed by atoms with Crippen LogP contribution >= 0.6 is 11.6 Å². The van der Waals surface area contributed by atoms with Crippen molar-refractivity contribution in [2.24, 2.45) is 0 Å². The number of benzene rings is 1. The van der Waals surface area contributed by atoms with Gasteiger partial charge in [0, 0.05) is 17.8 Å². The maximum atomic E-state index is 11.9. The number of nitrogens with one attached hydrogen (secondary N) is 2.